The maximum absolute atomic E-state index is 13.2. The van der Waals surface area contributed by atoms with Crippen LogP contribution in [0.2, 0.25) is 0 Å². The van der Waals surface area contributed by atoms with Gasteiger partial charge in [-0.2, -0.15) is 0 Å². The van der Waals surface area contributed by atoms with Crippen LogP contribution < -0.4 is 9.04 Å². The summed E-state index contributed by atoms with van der Waals surface area (Å²) < 4.78 is 43.4. The normalized spacial score (nSPS) is 11.4. The first-order valence-corrected chi connectivity index (χ1v) is 13.1. The average molecular weight is 530 g/mol. The number of para-hydroxylation sites is 1. The van der Waals surface area contributed by atoms with Gasteiger partial charge < -0.3 is 13.9 Å². The molecule has 0 unspecified atom stereocenters. The van der Waals surface area contributed by atoms with Crippen LogP contribution in [0.25, 0.3) is 21.7 Å². The van der Waals surface area contributed by atoms with Gasteiger partial charge in [-0.05, 0) is 59.3 Å². The summed E-state index contributed by atoms with van der Waals surface area (Å²) in [6.07, 6.45) is 0. The van der Waals surface area contributed by atoms with Crippen LogP contribution in [0.3, 0.4) is 0 Å². The molecule has 0 saturated heterocycles. The highest BCUT2D eigenvalue weighted by Crippen LogP contribution is 2.26. The molecule has 0 N–H and O–H groups in total. The van der Waals surface area contributed by atoms with Crippen molar-refractivity contribution >= 4 is 49.2 Å². The molecule has 38 heavy (non-hydrogen) atoms. The van der Waals surface area contributed by atoms with Crippen LogP contribution in [0.1, 0.15) is 10.6 Å². The maximum atomic E-state index is 13.2. The van der Waals surface area contributed by atoms with Gasteiger partial charge in [0.25, 0.3) is 10.0 Å². The number of carbonyl (C=O) groups excluding carboxylic acids is 2. The third-order valence-corrected chi connectivity index (χ3v) is 7.78. The lowest BCUT2D eigenvalue weighted by atomic mass is 10.1. The third-order valence-electron chi connectivity index (χ3n) is 6.00. The van der Waals surface area contributed by atoms with E-state index in [0.717, 1.165) is 16.2 Å². The Morgan fingerprint density at radius 1 is 0.789 bits per heavy atom. The lowest BCUT2D eigenvalue weighted by Crippen LogP contribution is -2.26. The fourth-order valence-electron chi connectivity index (χ4n) is 3.90. The van der Waals surface area contributed by atoms with Gasteiger partial charge >= 0.3 is 5.97 Å². The molecular formula is C29H23NO7S. The second-order valence-electron chi connectivity index (χ2n) is 8.50. The molecule has 5 rings (SSSR count). The number of ether oxygens (including phenoxy) is 2. The Morgan fingerprint density at radius 3 is 2.21 bits per heavy atom. The van der Waals surface area contributed by atoms with Crippen molar-refractivity contribution in [1.29, 1.82) is 0 Å². The van der Waals surface area contributed by atoms with Gasteiger partial charge in [0.15, 0.2) is 19.0 Å². The monoisotopic (exact) mass is 529 g/mol. The smallest absolute Gasteiger partial charge is 0.344 e. The first kappa shape index (κ1) is 25.0. The van der Waals surface area contributed by atoms with Crippen molar-refractivity contribution in [3.05, 3.63) is 103 Å². The number of Topliss-reactive ketones (excluding diaryl/α,β-unsaturated/α-hetero) is 1. The highest BCUT2D eigenvalue weighted by atomic mass is 32.2. The van der Waals surface area contributed by atoms with Crippen LogP contribution in [0.5, 0.6) is 5.75 Å². The molecule has 0 spiro atoms. The van der Waals surface area contributed by atoms with E-state index in [-0.39, 0.29) is 10.7 Å². The number of sulfonamides is 1. The van der Waals surface area contributed by atoms with Crippen molar-refractivity contribution in [2.75, 3.05) is 24.6 Å². The molecule has 0 aliphatic heterocycles. The van der Waals surface area contributed by atoms with Gasteiger partial charge in [0.05, 0.1) is 10.6 Å². The fraction of sp³-hybridized carbons (Fsp3) is 0.103. The first-order valence-electron chi connectivity index (χ1n) is 11.7. The summed E-state index contributed by atoms with van der Waals surface area (Å²) >= 11 is 0. The highest BCUT2D eigenvalue weighted by Gasteiger charge is 2.22. The molecule has 1 heterocycles. The summed E-state index contributed by atoms with van der Waals surface area (Å²) in [5.74, 6) is -0.742. The molecule has 0 saturated carbocycles. The van der Waals surface area contributed by atoms with E-state index in [4.69, 9.17) is 13.9 Å². The van der Waals surface area contributed by atoms with Crippen molar-refractivity contribution in [3.63, 3.8) is 0 Å². The van der Waals surface area contributed by atoms with Crippen LogP contribution in [0.15, 0.2) is 106 Å². The van der Waals surface area contributed by atoms with Crippen LogP contribution in [-0.4, -0.2) is 40.4 Å². The molecule has 0 bridgehead atoms. The van der Waals surface area contributed by atoms with E-state index in [1.54, 1.807) is 60.7 Å². The Balaban J connectivity index is 1.16. The molecule has 9 heteroatoms. The first-order chi connectivity index (χ1) is 18.3. The minimum atomic E-state index is -3.79. The zero-order chi connectivity index (χ0) is 26.7. The van der Waals surface area contributed by atoms with E-state index < -0.39 is 35.0 Å². The lowest BCUT2D eigenvalue weighted by Gasteiger charge is -2.20. The molecule has 5 aromatic rings. The number of nitrogens with zero attached hydrogens (tertiary/aromatic N) is 1. The number of rotatable bonds is 9. The van der Waals surface area contributed by atoms with Crippen molar-refractivity contribution in [2.45, 2.75) is 4.90 Å². The van der Waals surface area contributed by atoms with Gasteiger partial charge in [-0.1, -0.05) is 48.5 Å². The van der Waals surface area contributed by atoms with E-state index in [2.05, 4.69) is 0 Å². The molecule has 0 aliphatic carbocycles. The predicted molar refractivity (Wildman–Crippen MR) is 143 cm³/mol. The average Bonchev–Trinajstić information content (AvgIpc) is 3.39. The molecular weight excluding hydrogens is 506 g/mol. The largest absolute Gasteiger partial charge is 0.482 e. The summed E-state index contributed by atoms with van der Waals surface area (Å²) in [5, 5.41) is 2.56. The molecule has 4 aromatic carbocycles. The van der Waals surface area contributed by atoms with Gasteiger partial charge in [-0.3, -0.25) is 9.10 Å². The Bertz CT molecular complexity index is 1710. The molecule has 1 aromatic heterocycles. The van der Waals surface area contributed by atoms with Gasteiger partial charge in [0, 0.05) is 12.4 Å². The Morgan fingerprint density at radius 2 is 1.47 bits per heavy atom. The van der Waals surface area contributed by atoms with E-state index in [0.29, 0.717) is 17.0 Å². The number of carbonyl (C=O) groups is 2. The second kappa shape index (κ2) is 10.4. The predicted octanol–water partition coefficient (Wildman–Crippen LogP) is 5.22. The second-order valence-corrected chi connectivity index (χ2v) is 10.5. The summed E-state index contributed by atoms with van der Waals surface area (Å²) in [6.45, 7) is -0.892. The van der Waals surface area contributed by atoms with Crippen molar-refractivity contribution in [2.24, 2.45) is 0 Å². The van der Waals surface area contributed by atoms with Crippen molar-refractivity contribution < 1.29 is 31.9 Å². The van der Waals surface area contributed by atoms with Crippen molar-refractivity contribution in [3.8, 4) is 5.75 Å². The number of fused-ring (bicyclic) bond motifs is 2. The Hall–Kier alpha value is -4.63. The number of benzene rings is 4. The minimum Gasteiger partial charge on any atom is -0.482 e. The van der Waals surface area contributed by atoms with E-state index in [1.807, 2.05) is 36.4 Å². The van der Waals surface area contributed by atoms with E-state index >= 15 is 0 Å². The number of anilines is 1. The molecule has 0 aliphatic rings. The van der Waals surface area contributed by atoms with E-state index in [9.17, 15) is 18.0 Å². The SMILES string of the molecule is CN(c1ccc(OCC(=O)OCC(=O)c2cc3ccccc3o2)cc1)S(=O)(=O)c1ccc2ccccc2c1. The number of esters is 1. The van der Waals surface area contributed by atoms with Gasteiger partial charge in [-0.15, -0.1) is 0 Å². The molecule has 8 nitrogen and oxygen atoms in total. The van der Waals surface area contributed by atoms with Crippen molar-refractivity contribution in [1.82, 2.24) is 0 Å². The number of hydrogen-bond acceptors (Lipinski definition) is 7. The van der Waals surface area contributed by atoms with Gasteiger partial charge in [-0.25, -0.2) is 13.2 Å². The summed E-state index contributed by atoms with van der Waals surface area (Å²) in [6, 6.07) is 27.6. The Kier molecular flexibility index (Phi) is 6.85. The molecule has 0 fully saturated rings. The molecule has 0 atom stereocenters. The van der Waals surface area contributed by atoms with Crippen LogP contribution in [-0.2, 0) is 19.6 Å². The Labute approximate surface area is 219 Å². The maximum Gasteiger partial charge on any atom is 0.344 e. The molecule has 192 valence electrons. The number of ketones is 1. The third kappa shape index (κ3) is 5.23. The summed E-state index contributed by atoms with van der Waals surface area (Å²) in [5.41, 5.74) is 0.995. The van der Waals surface area contributed by atoms with Crippen LogP contribution in [0, 0.1) is 0 Å². The fourth-order valence-corrected chi connectivity index (χ4v) is 5.13. The molecule has 0 radical (unpaired) electrons. The zero-order valence-electron chi connectivity index (χ0n) is 20.4. The van der Waals surface area contributed by atoms with Gasteiger partial charge in [0.2, 0.25) is 5.78 Å². The highest BCUT2D eigenvalue weighted by molar-refractivity contribution is 7.92. The summed E-state index contributed by atoms with van der Waals surface area (Å²) in [7, 11) is -2.32. The zero-order valence-corrected chi connectivity index (χ0v) is 21.2. The van der Waals surface area contributed by atoms with E-state index in [1.165, 1.54) is 11.4 Å². The van der Waals surface area contributed by atoms with Gasteiger partial charge in [0.1, 0.15) is 11.3 Å². The molecule has 0 amide bonds. The quantitative estimate of drug-likeness (QED) is 0.191. The van der Waals surface area contributed by atoms with Crippen LogP contribution >= 0.6 is 0 Å². The lowest BCUT2D eigenvalue weighted by molar-refractivity contribution is -0.144. The number of hydrogen-bond donors (Lipinski definition) is 0. The summed E-state index contributed by atoms with van der Waals surface area (Å²) in [4.78, 5) is 24.5. The number of furan rings is 1. The standard InChI is InChI=1S/C29H23NO7S/c1-30(38(33,34)25-15-10-20-6-2-3-7-21(20)16-25)23-11-13-24(14-12-23)35-19-29(32)36-18-26(31)28-17-22-8-4-5-9-27(22)37-28/h2-17H,18-19H2,1H3. The minimum absolute atomic E-state index is 0.110. The van der Waals surface area contributed by atoms with Crippen LogP contribution in [0.4, 0.5) is 5.69 Å². The topological polar surface area (TPSA) is 103 Å².